The molecule has 0 unspecified atom stereocenters. The molecule has 0 aromatic carbocycles. The third-order valence-electron chi connectivity index (χ3n) is 2.15. The summed E-state index contributed by atoms with van der Waals surface area (Å²) in [5, 5.41) is 0. The van der Waals surface area contributed by atoms with Crippen LogP contribution in [0.4, 0.5) is 0 Å². The van der Waals surface area contributed by atoms with Crippen LogP contribution in [0.1, 0.15) is 24.3 Å². The van der Waals surface area contributed by atoms with Crippen molar-refractivity contribution < 1.29 is 14.3 Å². The lowest BCUT2D eigenvalue weighted by molar-refractivity contribution is -0.163. The lowest BCUT2D eigenvalue weighted by atomic mass is 9.93. The van der Waals surface area contributed by atoms with Gasteiger partial charge < -0.3 is 9.72 Å². The number of rotatable bonds is 1. The van der Waals surface area contributed by atoms with Crippen LogP contribution < -0.4 is 0 Å². The van der Waals surface area contributed by atoms with Crippen LogP contribution in [0.2, 0.25) is 0 Å². The quantitative estimate of drug-likeness (QED) is 0.516. The molecule has 4 heteroatoms. The molecule has 0 spiro atoms. The largest absolute Gasteiger partial charge is 0.393 e. The standard InChI is InChI=1S/C9H9NO3/c11-8-3-7(4-9(12)13-8)6-1-2-10-5-6/h1-2,5,7,10H,3-4H2. The number of aromatic nitrogens is 1. The summed E-state index contributed by atoms with van der Waals surface area (Å²) in [6.07, 6.45) is 4.17. The van der Waals surface area contributed by atoms with Crippen molar-refractivity contribution >= 4 is 11.9 Å². The highest BCUT2D eigenvalue weighted by Gasteiger charge is 2.28. The number of carbonyl (C=O) groups excluding carboxylic acids is 2. The molecule has 0 saturated carbocycles. The molecule has 0 atom stereocenters. The third-order valence-corrected chi connectivity index (χ3v) is 2.15. The molecule has 2 rings (SSSR count). The van der Waals surface area contributed by atoms with Crippen molar-refractivity contribution in [2.75, 3.05) is 0 Å². The van der Waals surface area contributed by atoms with Crippen molar-refractivity contribution in [1.82, 2.24) is 4.98 Å². The van der Waals surface area contributed by atoms with Crippen molar-refractivity contribution in [3.8, 4) is 0 Å². The molecule has 4 nitrogen and oxygen atoms in total. The predicted molar refractivity (Wildman–Crippen MR) is 43.9 cm³/mol. The molecule has 13 heavy (non-hydrogen) atoms. The molecular formula is C9H9NO3. The Labute approximate surface area is 74.9 Å². The number of nitrogens with one attached hydrogen (secondary N) is 1. The summed E-state index contributed by atoms with van der Waals surface area (Å²) < 4.78 is 4.43. The molecule has 0 amide bonds. The van der Waals surface area contributed by atoms with Crippen LogP contribution in [0.3, 0.4) is 0 Å². The van der Waals surface area contributed by atoms with Crippen LogP contribution in [-0.4, -0.2) is 16.9 Å². The first-order chi connectivity index (χ1) is 6.25. The zero-order chi connectivity index (χ0) is 9.26. The minimum Gasteiger partial charge on any atom is -0.393 e. The van der Waals surface area contributed by atoms with Crippen LogP contribution >= 0.6 is 0 Å². The minimum atomic E-state index is -0.428. The fraction of sp³-hybridized carbons (Fsp3) is 0.333. The van der Waals surface area contributed by atoms with E-state index in [2.05, 4.69) is 9.72 Å². The Morgan fingerprint density at radius 1 is 1.31 bits per heavy atom. The molecule has 1 aliphatic rings. The van der Waals surface area contributed by atoms with E-state index in [1.165, 1.54) is 0 Å². The summed E-state index contributed by atoms with van der Waals surface area (Å²) in [7, 11) is 0. The molecule has 1 aromatic heterocycles. The van der Waals surface area contributed by atoms with Gasteiger partial charge in [-0.2, -0.15) is 0 Å². The van der Waals surface area contributed by atoms with Gasteiger partial charge in [0.15, 0.2) is 0 Å². The van der Waals surface area contributed by atoms with Crippen LogP contribution in [-0.2, 0) is 14.3 Å². The van der Waals surface area contributed by atoms with E-state index in [4.69, 9.17) is 0 Å². The van der Waals surface area contributed by atoms with E-state index < -0.39 is 11.9 Å². The summed E-state index contributed by atoms with van der Waals surface area (Å²) in [5.41, 5.74) is 0.991. The number of H-pyrrole nitrogens is 1. The Balaban J connectivity index is 2.16. The lowest BCUT2D eigenvalue weighted by Gasteiger charge is -2.18. The molecule has 1 aromatic rings. The normalized spacial score (nSPS) is 18.8. The molecule has 1 saturated heterocycles. The predicted octanol–water partition coefficient (Wildman–Crippen LogP) is 0.962. The van der Waals surface area contributed by atoms with Gasteiger partial charge in [-0.25, -0.2) is 0 Å². The fourth-order valence-corrected chi connectivity index (χ4v) is 1.51. The van der Waals surface area contributed by atoms with E-state index in [0.717, 1.165) is 5.56 Å². The van der Waals surface area contributed by atoms with E-state index >= 15 is 0 Å². The summed E-state index contributed by atoms with van der Waals surface area (Å²) in [4.78, 5) is 24.7. The maximum atomic E-state index is 10.9. The van der Waals surface area contributed by atoms with E-state index in [1.54, 1.807) is 12.4 Å². The molecule has 1 aliphatic heterocycles. The number of cyclic esters (lactones) is 2. The van der Waals surface area contributed by atoms with Gasteiger partial charge in [0, 0.05) is 18.3 Å². The van der Waals surface area contributed by atoms with Gasteiger partial charge in [0.05, 0.1) is 12.8 Å². The number of hydrogen-bond acceptors (Lipinski definition) is 3. The van der Waals surface area contributed by atoms with E-state index in [0.29, 0.717) is 12.8 Å². The first kappa shape index (κ1) is 8.04. The van der Waals surface area contributed by atoms with Crippen molar-refractivity contribution in [3.05, 3.63) is 24.0 Å². The van der Waals surface area contributed by atoms with Gasteiger partial charge in [-0.1, -0.05) is 0 Å². The molecule has 2 heterocycles. The average Bonchev–Trinajstić information content (AvgIpc) is 2.53. The van der Waals surface area contributed by atoms with Gasteiger partial charge in [-0.3, -0.25) is 9.59 Å². The van der Waals surface area contributed by atoms with Crippen molar-refractivity contribution in [2.45, 2.75) is 18.8 Å². The Morgan fingerprint density at radius 3 is 2.54 bits per heavy atom. The summed E-state index contributed by atoms with van der Waals surface area (Å²) in [5.74, 6) is -0.870. The van der Waals surface area contributed by atoms with E-state index in [9.17, 15) is 9.59 Å². The summed E-state index contributed by atoms with van der Waals surface area (Å²) >= 11 is 0. The third kappa shape index (κ3) is 1.61. The molecule has 0 radical (unpaired) electrons. The molecule has 0 bridgehead atoms. The van der Waals surface area contributed by atoms with Gasteiger partial charge in [-0.15, -0.1) is 0 Å². The van der Waals surface area contributed by atoms with E-state index in [1.807, 2.05) is 6.07 Å². The number of aromatic amines is 1. The van der Waals surface area contributed by atoms with Crippen LogP contribution in [0.25, 0.3) is 0 Å². The van der Waals surface area contributed by atoms with Crippen LogP contribution in [0.5, 0.6) is 0 Å². The minimum absolute atomic E-state index is 0.0139. The van der Waals surface area contributed by atoms with Gasteiger partial charge in [-0.05, 0) is 11.6 Å². The smallest absolute Gasteiger partial charge is 0.314 e. The van der Waals surface area contributed by atoms with Gasteiger partial charge in [0.25, 0.3) is 0 Å². The molecular weight excluding hydrogens is 170 g/mol. The Hall–Kier alpha value is -1.58. The second-order valence-corrected chi connectivity index (χ2v) is 3.10. The van der Waals surface area contributed by atoms with Gasteiger partial charge >= 0.3 is 11.9 Å². The molecule has 0 aliphatic carbocycles. The van der Waals surface area contributed by atoms with Crippen LogP contribution in [0, 0.1) is 0 Å². The summed E-state index contributed by atoms with van der Waals surface area (Å²) in [6.45, 7) is 0. The first-order valence-corrected chi connectivity index (χ1v) is 4.12. The lowest BCUT2D eigenvalue weighted by Crippen LogP contribution is -2.23. The number of carbonyl (C=O) groups is 2. The zero-order valence-corrected chi connectivity index (χ0v) is 6.95. The SMILES string of the molecule is O=C1CC(c2cc[nH]c2)CC(=O)O1. The Morgan fingerprint density at radius 2 is 2.00 bits per heavy atom. The zero-order valence-electron chi connectivity index (χ0n) is 6.95. The fourth-order valence-electron chi connectivity index (χ4n) is 1.51. The first-order valence-electron chi connectivity index (χ1n) is 4.12. The molecule has 68 valence electrons. The molecule has 1 N–H and O–H groups in total. The second-order valence-electron chi connectivity index (χ2n) is 3.10. The number of esters is 2. The number of ether oxygens (including phenoxy) is 1. The Kier molecular flexibility index (Phi) is 1.88. The van der Waals surface area contributed by atoms with Gasteiger partial charge in [0.2, 0.25) is 0 Å². The molecule has 1 fully saturated rings. The maximum Gasteiger partial charge on any atom is 0.314 e. The van der Waals surface area contributed by atoms with Gasteiger partial charge in [0.1, 0.15) is 0 Å². The average molecular weight is 179 g/mol. The Bertz CT molecular complexity index is 313. The monoisotopic (exact) mass is 179 g/mol. The number of hydrogen-bond donors (Lipinski definition) is 1. The van der Waals surface area contributed by atoms with Crippen LogP contribution in [0.15, 0.2) is 18.5 Å². The highest BCUT2D eigenvalue weighted by atomic mass is 16.6. The maximum absolute atomic E-state index is 10.9. The van der Waals surface area contributed by atoms with E-state index in [-0.39, 0.29) is 5.92 Å². The highest BCUT2D eigenvalue weighted by Crippen LogP contribution is 2.27. The highest BCUT2D eigenvalue weighted by molar-refractivity contribution is 5.89. The van der Waals surface area contributed by atoms with Crippen molar-refractivity contribution in [1.29, 1.82) is 0 Å². The topological polar surface area (TPSA) is 59.2 Å². The summed E-state index contributed by atoms with van der Waals surface area (Å²) in [6, 6.07) is 1.87. The second kappa shape index (κ2) is 3.05. The van der Waals surface area contributed by atoms with Crippen molar-refractivity contribution in [3.63, 3.8) is 0 Å². The van der Waals surface area contributed by atoms with Crippen molar-refractivity contribution in [2.24, 2.45) is 0 Å².